The van der Waals surface area contributed by atoms with Crippen molar-refractivity contribution in [2.45, 2.75) is 30.8 Å². The summed E-state index contributed by atoms with van der Waals surface area (Å²) in [5.41, 5.74) is 0.676. The number of aliphatic hydroxyl groups excluding tert-OH is 1. The van der Waals surface area contributed by atoms with Crippen LogP contribution in [-0.4, -0.2) is 44.6 Å². The van der Waals surface area contributed by atoms with Crippen LogP contribution in [0.1, 0.15) is 24.8 Å². The number of hydrogen-bond donors (Lipinski definition) is 2. The second-order valence-corrected chi connectivity index (χ2v) is 7.81. The van der Waals surface area contributed by atoms with E-state index in [-0.39, 0.29) is 11.5 Å². The third-order valence-electron chi connectivity index (χ3n) is 3.61. The Kier molecular flexibility index (Phi) is 6.19. The first-order chi connectivity index (χ1) is 10.0. The molecule has 1 aromatic carbocycles. The van der Waals surface area contributed by atoms with E-state index in [1.807, 2.05) is 0 Å². The van der Waals surface area contributed by atoms with Gasteiger partial charge in [-0.3, -0.25) is 0 Å². The van der Waals surface area contributed by atoms with Crippen LogP contribution in [0.5, 0.6) is 0 Å². The van der Waals surface area contributed by atoms with Gasteiger partial charge in [0.05, 0.1) is 11.5 Å². The van der Waals surface area contributed by atoms with Crippen molar-refractivity contribution in [3.05, 3.63) is 28.2 Å². The number of nitrogens with zero attached hydrogens (tertiary/aromatic N) is 1. The summed E-state index contributed by atoms with van der Waals surface area (Å²) in [6, 6.07) is 4.75. The molecule has 0 radical (unpaired) electrons. The monoisotopic (exact) mass is 376 g/mol. The molecule has 2 N–H and O–H groups in total. The lowest BCUT2D eigenvalue weighted by molar-refractivity contribution is 0.281. The van der Waals surface area contributed by atoms with Gasteiger partial charge in [-0.1, -0.05) is 6.07 Å². The molecule has 0 spiro atoms. The van der Waals surface area contributed by atoms with Crippen LogP contribution in [0, 0.1) is 0 Å². The SMILES string of the molecule is O=S(=O)(NCCCN1CCCC1)c1ccc(CO)cc1Br. The Hall–Kier alpha value is -0.470. The van der Waals surface area contributed by atoms with Crippen molar-refractivity contribution in [1.29, 1.82) is 0 Å². The van der Waals surface area contributed by atoms with Crippen LogP contribution < -0.4 is 4.72 Å². The van der Waals surface area contributed by atoms with Gasteiger partial charge in [-0.2, -0.15) is 0 Å². The molecule has 1 aliphatic heterocycles. The van der Waals surface area contributed by atoms with E-state index in [1.165, 1.54) is 18.9 Å². The molecule has 0 atom stereocenters. The Labute approximate surface area is 134 Å². The van der Waals surface area contributed by atoms with Gasteiger partial charge in [0.2, 0.25) is 10.0 Å². The molecule has 0 amide bonds. The molecule has 21 heavy (non-hydrogen) atoms. The summed E-state index contributed by atoms with van der Waals surface area (Å²) >= 11 is 3.25. The number of aliphatic hydroxyl groups is 1. The predicted molar refractivity (Wildman–Crippen MR) is 85.5 cm³/mol. The zero-order valence-electron chi connectivity index (χ0n) is 11.9. The molecule has 0 unspecified atom stereocenters. The van der Waals surface area contributed by atoms with Crippen molar-refractivity contribution in [3.63, 3.8) is 0 Å². The van der Waals surface area contributed by atoms with Crippen molar-refractivity contribution in [2.24, 2.45) is 0 Å². The lowest BCUT2D eigenvalue weighted by Crippen LogP contribution is -2.29. The molecule has 2 rings (SSSR count). The Morgan fingerprint density at radius 3 is 2.62 bits per heavy atom. The first kappa shape index (κ1) is 16.9. The van der Waals surface area contributed by atoms with Gasteiger partial charge in [0.1, 0.15) is 0 Å². The van der Waals surface area contributed by atoms with E-state index in [9.17, 15) is 8.42 Å². The highest BCUT2D eigenvalue weighted by atomic mass is 79.9. The van der Waals surface area contributed by atoms with E-state index in [2.05, 4.69) is 25.6 Å². The van der Waals surface area contributed by atoms with Gasteiger partial charge in [-0.05, 0) is 72.5 Å². The van der Waals surface area contributed by atoms with Gasteiger partial charge in [-0.15, -0.1) is 0 Å². The topological polar surface area (TPSA) is 69.6 Å². The zero-order chi connectivity index (χ0) is 15.3. The van der Waals surface area contributed by atoms with Crippen LogP contribution in [0.25, 0.3) is 0 Å². The Morgan fingerprint density at radius 1 is 1.29 bits per heavy atom. The quantitative estimate of drug-likeness (QED) is 0.710. The standard InChI is InChI=1S/C14H21BrN2O3S/c15-13-10-12(11-18)4-5-14(13)21(19,20)16-6-3-9-17-7-1-2-8-17/h4-5,10,16,18H,1-3,6-9,11H2. The Balaban J connectivity index is 1.88. The number of benzene rings is 1. The molecule has 0 saturated carbocycles. The fourth-order valence-electron chi connectivity index (χ4n) is 2.45. The van der Waals surface area contributed by atoms with E-state index in [4.69, 9.17) is 5.11 Å². The van der Waals surface area contributed by atoms with Gasteiger partial charge < -0.3 is 10.0 Å². The molecular weight excluding hydrogens is 356 g/mol. The number of halogens is 1. The third-order valence-corrected chi connectivity index (χ3v) is 6.05. The van der Waals surface area contributed by atoms with E-state index in [0.29, 0.717) is 16.6 Å². The minimum Gasteiger partial charge on any atom is -0.392 e. The van der Waals surface area contributed by atoms with Crippen molar-refractivity contribution in [2.75, 3.05) is 26.2 Å². The number of likely N-dealkylation sites (tertiary alicyclic amines) is 1. The number of rotatable bonds is 7. The Morgan fingerprint density at radius 2 is 2.00 bits per heavy atom. The lowest BCUT2D eigenvalue weighted by Gasteiger charge is -2.14. The minimum absolute atomic E-state index is 0.109. The van der Waals surface area contributed by atoms with Crippen LogP contribution in [-0.2, 0) is 16.6 Å². The summed E-state index contributed by atoms with van der Waals surface area (Å²) < 4.78 is 27.6. The first-order valence-corrected chi connectivity index (χ1v) is 9.42. The molecule has 0 bridgehead atoms. The maximum atomic E-state index is 12.2. The van der Waals surface area contributed by atoms with Gasteiger partial charge in [0.25, 0.3) is 0 Å². The maximum Gasteiger partial charge on any atom is 0.241 e. The highest BCUT2D eigenvalue weighted by Crippen LogP contribution is 2.23. The molecule has 1 saturated heterocycles. The summed E-state index contributed by atoms with van der Waals surface area (Å²) in [6.45, 7) is 3.52. The molecule has 118 valence electrons. The average Bonchev–Trinajstić information content (AvgIpc) is 2.96. The molecule has 0 aliphatic carbocycles. The zero-order valence-corrected chi connectivity index (χ0v) is 14.3. The number of sulfonamides is 1. The van der Waals surface area contributed by atoms with Crippen LogP contribution in [0.2, 0.25) is 0 Å². The van der Waals surface area contributed by atoms with Crippen LogP contribution in [0.3, 0.4) is 0 Å². The largest absolute Gasteiger partial charge is 0.392 e. The van der Waals surface area contributed by atoms with Crippen LogP contribution in [0.15, 0.2) is 27.6 Å². The van der Waals surface area contributed by atoms with E-state index in [1.54, 1.807) is 12.1 Å². The van der Waals surface area contributed by atoms with Gasteiger partial charge in [-0.25, -0.2) is 13.1 Å². The molecule has 0 aromatic heterocycles. The van der Waals surface area contributed by atoms with Crippen molar-refractivity contribution >= 4 is 26.0 Å². The van der Waals surface area contributed by atoms with Gasteiger partial charge >= 0.3 is 0 Å². The first-order valence-electron chi connectivity index (χ1n) is 7.14. The van der Waals surface area contributed by atoms with E-state index >= 15 is 0 Å². The van der Waals surface area contributed by atoms with Gasteiger partial charge in [0, 0.05) is 11.0 Å². The summed E-state index contributed by atoms with van der Waals surface area (Å²) in [6.07, 6.45) is 3.30. The van der Waals surface area contributed by atoms with Crippen LogP contribution in [0.4, 0.5) is 0 Å². The predicted octanol–water partition coefficient (Wildman–Crippen LogP) is 1.71. The highest BCUT2D eigenvalue weighted by Gasteiger charge is 2.17. The third kappa shape index (κ3) is 4.75. The highest BCUT2D eigenvalue weighted by molar-refractivity contribution is 9.10. The molecule has 1 heterocycles. The lowest BCUT2D eigenvalue weighted by atomic mass is 10.2. The fraction of sp³-hybridized carbons (Fsp3) is 0.571. The molecule has 5 nitrogen and oxygen atoms in total. The van der Waals surface area contributed by atoms with Gasteiger partial charge in [0.15, 0.2) is 0 Å². The maximum absolute atomic E-state index is 12.2. The molecule has 7 heteroatoms. The summed E-state index contributed by atoms with van der Waals surface area (Å²) in [5, 5.41) is 9.04. The summed E-state index contributed by atoms with van der Waals surface area (Å²) in [5.74, 6) is 0. The molecule has 1 aliphatic rings. The fourth-order valence-corrected chi connectivity index (χ4v) is 4.65. The molecule has 1 aromatic rings. The second kappa shape index (κ2) is 7.69. The van der Waals surface area contributed by atoms with Crippen LogP contribution >= 0.6 is 15.9 Å². The van der Waals surface area contributed by atoms with Crippen molar-refractivity contribution in [1.82, 2.24) is 9.62 Å². The minimum atomic E-state index is -3.51. The number of nitrogens with one attached hydrogen (secondary N) is 1. The second-order valence-electron chi connectivity index (χ2n) is 5.22. The average molecular weight is 377 g/mol. The smallest absolute Gasteiger partial charge is 0.241 e. The number of hydrogen-bond acceptors (Lipinski definition) is 4. The Bertz CT molecular complexity index is 572. The van der Waals surface area contributed by atoms with E-state index < -0.39 is 10.0 Å². The molecular formula is C14H21BrN2O3S. The normalized spacial score (nSPS) is 16.5. The molecule has 1 fully saturated rings. The summed E-state index contributed by atoms with van der Waals surface area (Å²) in [4.78, 5) is 2.57. The van der Waals surface area contributed by atoms with E-state index in [0.717, 1.165) is 26.1 Å². The van der Waals surface area contributed by atoms with Crippen molar-refractivity contribution in [3.8, 4) is 0 Å². The summed E-state index contributed by atoms with van der Waals surface area (Å²) in [7, 11) is -3.51. The van der Waals surface area contributed by atoms with Crippen molar-refractivity contribution < 1.29 is 13.5 Å².